The van der Waals surface area contributed by atoms with Crippen molar-refractivity contribution in [1.82, 2.24) is 15.7 Å². The number of hydrogen-bond donors (Lipinski definition) is 6. The van der Waals surface area contributed by atoms with Gasteiger partial charge in [0.25, 0.3) is 5.69 Å². The van der Waals surface area contributed by atoms with Crippen LogP contribution in [0.3, 0.4) is 0 Å². The Bertz CT molecular complexity index is 2480. The van der Waals surface area contributed by atoms with Crippen LogP contribution in [0.1, 0.15) is 45.8 Å². The molecule has 0 bridgehead atoms. The van der Waals surface area contributed by atoms with Crippen molar-refractivity contribution in [3.63, 3.8) is 0 Å². The second-order valence-electron chi connectivity index (χ2n) is 13.0. The fourth-order valence-corrected chi connectivity index (χ4v) is 4.95. The number of nitrogens with one attached hydrogen (secondary N) is 3. The van der Waals surface area contributed by atoms with E-state index in [1.165, 1.54) is 32.2 Å². The normalized spacial score (nSPS) is 11.6. The number of carbonyl (C=O) groups excluding carboxylic acids is 3. The summed E-state index contributed by atoms with van der Waals surface area (Å²) in [6.45, 7) is 1.80. The summed E-state index contributed by atoms with van der Waals surface area (Å²) < 4.78 is 88.8. The molecule has 0 spiro atoms. The number of pyridine rings is 1. The number of rotatable bonds is 15. The SMILES string of the molecule is C/C(=N\NC(=O)Nc1cc(F)cc(F)c1)c1ncccc1C(=O)O.CCOC(=O)COC(=O)c1cc(Oc2ccc(C(F)(F)F)cc2Cl)ccc1[N+](=O)[O-].C[S+](C)C.O=C(O)CNCP(=O)([O-])O. The van der Waals surface area contributed by atoms with Crippen LogP contribution in [-0.2, 0) is 40.7 Å². The number of nitro groups is 1. The number of ether oxygens (including phenoxy) is 3. The lowest BCUT2D eigenvalue weighted by atomic mass is 10.1. The predicted molar refractivity (Wildman–Crippen MR) is 234 cm³/mol. The highest BCUT2D eigenvalue weighted by Gasteiger charge is 2.31. The van der Waals surface area contributed by atoms with Gasteiger partial charge >= 0.3 is 36.1 Å². The van der Waals surface area contributed by atoms with Gasteiger partial charge in [0.2, 0.25) is 0 Å². The summed E-state index contributed by atoms with van der Waals surface area (Å²) in [6, 6.07) is 9.83. The van der Waals surface area contributed by atoms with Crippen LogP contribution in [0, 0.1) is 21.7 Å². The van der Waals surface area contributed by atoms with Crippen molar-refractivity contribution in [1.29, 1.82) is 0 Å². The third-order valence-electron chi connectivity index (χ3n) is 6.91. The maximum Gasteiger partial charge on any atom is 0.416 e. The quantitative estimate of drug-likeness (QED) is 0.0150. The Labute approximate surface area is 390 Å². The molecule has 0 aliphatic rings. The number of carboxylic acid groups (broad SMARTS) is 2. The predicted octanol–water partition coefficient (Wildman–Crippen LogP) is 6.04. The van der Waals surface area contributed by atoms with Gasteiger partial charge in [0.15, 0.2) is 6.61 Å². The molecule has 1 aromatic heterocycles. The number of halogens is 6. The van der Waals surface area contributed by atoms with E-state index in [4.69, 9.17) is 36.2 Å². The Morgan fingerprint density at radius 3 is 2.09 bits per heavy atom. The molecule has 0 fully saturated rings. The molecule has 1 heterocycles. The highest BCUT2D eigenvalue weighted by Crippen LogP contribution is 2.37. The second kappa shape index (κ2) is 28.4. The van der Waals surface area contributed by atoms with Crippen molar-refractivity contribution >= 4 is 77.1 Å². The molecule has 3 aromatic carbocycles. The molecule has 4 rings (SSSR count). The Kier molecular flexibility index (Phi) is 24.8. The lowest BCUT2D eigenvalue weighted by molar-refractivity contribution is -0.385. The largest absolute Gasteiger partial charge is 0.778 e. The number of alkyl halides is 3. The minimum Gasteiger partial charge on any atom is -0.778 e. The maximum absolute atomic E-state index is 13.0. The van der Waals surface area contributed by atoms with Gasteiger partial charge in [-0.25, -0.2) is 33.4 Å². The highest BCUT2D eigenvalue weighted by molar-refractivity contribution is 7.94. The van der Waals surface area contributed by atoms with E-state index in [0.29, 0.717) is 23.0 Å². The van der Waals surface area contributed by atoms with E-state index in [2.05, 4.69) is 44.3 Å². The summed E-state index contributed by atoms with van der Waals surface area (Å²) in [6.07, 6.45) is 2.65. The first-order valence-electron chi connectivity index (χ1n) is 18.4. The third kappa shape index (κ3) is 23.6. The molecule has 0 saturated heterocycles. The highest BCUT2D eigenvalue weighted by atomic mass is 35.5. The summed E-state index contributed by atoms with van der Waals surface area (Å²) >= 11 is 5.81. The average Bonchev–Trinajstić information content (AvgIpc) is 3.21. The molecule has 2 amide bonds. The van der Waals surface area contributed by atoms with Crippen LogP contribution in [0.4, 0.5) is 38.1 Å². The standard InChI is InChI=1S/C18H13ClF3NO7.C15H12F2N4O3.C3H8NO5P.C3H9S/c1-2-28-16(24)9-29-17(25)12-8-11(4-5-14(12)23(26)27)30-15-6-3-10(7-13(15)19)18(20,21)22;1-8(13-12(14(22)23)3-2-4-18-13)20-21-15(24)19-11-6-9(16)5-10(17)7-11;5-3(6)1-4-2-10(7,8)9;1-4(2)3/h3-8H,2,9H2,1H3;2-7H,1H3,(H,22,23)(H2,19,21,24);4H,1-2H2,(H,5,6)(H2,7,8,9);1-3H3/q;;;+1/p-1/b;20-8+;;. The molecule has 0 aliphatic carbocycles. The van der Waals surface area contributed by atoms with Gasteiger partial charge < -0.3 is 44.1 Å². The van der Waals surface area contributed by atoms with Gasteiger partial charge in [0, 0.05) is 30.1 Å². The lowest BCUT2D eigenvalue weighted by Crippen LogP contribution is -2.26. The fourth-order valence-electron chi connectivity index (χ4n) is 4.34. The number of aliphatic carboxylic acids is 1. The van der Waals surface area contributed by atoms with Gasteiger partial charge in [0.05, 0.1) is 65.0 Å². The molecular formula is C39H41ClF5N6O15PS. The van der Waals surface area contributed by atoms with Gasteiger partial charge in [-0.2, -0.15) is 18.3 Å². The monoisotopic (exact) mass is 1030 g/mol. The van der Waals surface area contributed by atoms with Crippen LogP contribution in [0.25, 0.3) is 0 Å². The number of carbonyl (C=O) groups is 5. The zero-order chi connectivity index (χ0) is 51.9. The van der Waals surface area contributed by atoms with Crippen LogP contribution >= 0.6 is 19.2 Å². The molecule has 68 heavy (non-hydrogen) atoms. The zero-order valence-electron chi connectivity index (χ0n) is 36.0. The molecule has 370 valence electrons. The van der Waals surface area contributed by atoms with E-state index in [-0.39, 0.29) is 45.8 Å². The van der Waals surface area contributed by atoms with Crippen LogP contribution in [0.5, 0.6) is 11.5 Å². The first kappa shape index (κ1) is 59.2. The number of aromatic nitrogens is 1. The van der Waals surface area contributed by atoms with Crippen molar-refractivity contribution in [2.45, 2.75) is 20.0 Å². The van der Waals surface area contributed by atoms with Crippen molar-refractivity contribution in [2.75, 3.05) is 50.1 Å². The van der Waals surface area contributed by atoms with E-state index in [0.717, 1.165) is 42.5 Å². The molecule has 29 heteroatoms. The van der Waals surface area contributed by atoms with E-state index in [1.54, 1.807) is 0 Å². The molecule has 1 unspecified atom stereocenters. The van der Waals surface area contributed by atoms with Crippen molar-refractivity contribution in [2.24, 2.45) is 5.10 Å². The van der Waals surface area contributed by atoms with E-state index >= 15 is 0 Å². The zero-order valence-corrected chi connectivity index (χ0v) is 38.4. The summed E-state index contributed by atoms with van der Waals surface area (Å²) in [5.74, 6) is -6.40. The minimum absolute atomic E-state index is 0.0493. The van der Waals surface area contributed by atoms with Crippen molar-refractivity contribution < 1.29 is 89.6 Å². The molecule has 4 aromatic rings. The third-order valence-corrected chi connectivity index (χ3v) is 7.83. The summed E-state index contributed by atoms with van der Waals surface area (Å²) in [4.78, 5) is 88.2. The molecule has 6 N–H and O–H groups in total. The number of anilines is 1. The van der Waals surface area contributed by atoms with Gasteiger partial charge in [-0.3, -0.25) is 25.2 Å². The number of urea groups is 1. The second-order valence-corrected chi connectivity index (χ2v) is 17.5. The molecule has 0 radical (unpaired) electrons. The maximum atomic E-state index is 13.0. The lowest BCUT2D eigenvalue weighted by Gasteiger charge is -2.14. The summed E-state index contributed by atoms with van der Waals surface area (Å²) in [5, 5.41) is 35.8. The van der Waals surface area contributed by atoms with Gasteiger partial charge in [-0.15, -0.1) is 0 Å². The molecule has 0 saturated carbocycles. The van der Waals surface area contributed by atoms with E-state index < -0.39 is 96.5 Å². The van der Waals surface area contributed by atoms with Gasteiger partial charge in [-0.1, -0.05) is 11.6 Å². The Morgan fingerprint density at radius 2 is 1.57 bits per heavy atom. The number of carboxylic acids is 2. The number of benzene rings is 3. The van der Waals surface area contributed by atoms with Crippen LogP contribution in [-0.4, -0.2) is 105 Å². The number of esters is 2. The van der Waals surface area contributed by atoms with Crippen LogP contribution in [0.2, 0.25) is 5.02 Å². The number of nitro benzene ring substituents is 1. The smallest absolute Gasteiger partial charge is 0.416 e. The van der Waals surface area contributed by atoms with Crippen LogP contribution < -0.4 is 25.7 Å². The molecular weight excluding hydrogens is 986 g/mol. The molecule has 21 nitrogen and oxygen atoms in total. The van der Waals surface area contributed by atoms with Crippen LogP contribution in [0.15, 0.2) is 78.0 Å². The molecule has 1 atom stereocenters. The number of hydrogen-bond acceptors (Lipinski definition) is 15. The summed E-state index contributed by atoms with van der Waals surface area (Å²) in [5.41, 5.74) is -0.00537. The van der Waals surface area contributed by atoms with E-state index in [9.17, 15) is 65.5 Å². The molecule has 0 aliphatic heterocycles. The first-order chi connectivity index (χ1) is 31.5. The summed E-state index contributed by atoms with van der Waals surface area (Å²) in [7, 11) is -3.71. The Morgan fingerprint density at radius 1 is 0.956 bits per heavy atom. The fraction of sp³-hybridized carbons (Fsp3) is 0.256. The van der Waals surface area contributed by atoms with Crippen molar-refractivity contribution in [3.8, 4) is 11.5 Å². The number of amides is 2. The average molecular weight is 1030 g/mol. The van der Waals surface area contributed by atoms with Gasteiger partial charge in [-0.05, 0) is 73.3 Å². The number of aromatic carboxylic acids is 1. The minimum atomic E-state index is -4.61. The van der Waals surface area contributed by atoms with E-state index in [1.807, 2.05) is 5.32 Å². The topological polar surface area (TPSA) is 318 Å². The van der Waals surface area contributed by atoms with Crippen molar-refractivity contribution in [3.05, 3.63) is 122 Å². The number of nitrogens with zero attached hydrogens (tertiary/aromatic N) is 3. The number of hydrazone groups is 1. The Hall–Kier alpha value is -6.77. The Balaban J connectivity index is 0.000000539. The van der Waals surface area contributed by atoms with Gasteiger partial charge in [0.1, 0.15) is 42.0 Å². The first-order valence-corrected chi connectivity index (χ1v) is 23.0.